The van der Waals surface area contributed by atoms with Crippen LogP contribution >= 0.6 is 11.6 Å². The monoisotopic (exact) mass is 375 g/mol. The number of esters is 1. The molecule has 138 valence electrons. The molecule has 7 nitrogen and oxygen atoms in total. The van der Waals surface area contributed by atoms with E-state index < -0.39 is 5.97 Å². The van der Waals surface area contributed by atoms with Gasteiger partial charge in [-0.25, -0.2) is 9.78 Å². The summed E-state index contributed by atoms with van der Waals surface area (Å²) in [5.41, 5.74) is 1.01. The fourth-order valence-electron chi connectivity index (χ4n) is 2.84. The molecule has 0 radical (unpaired) electrons. The molecule has 2 heterocycles. The van der Waals surface area contributed by atoms with Crippen LogP contribution in [0.25, 0.3) is 0 Å². The molecule has 0 unspecified atom stereocenters. The van der Waals surface area contributed by atoms with Crippen LogP contribution < -0.4 is 10.2 Å². The first-order chi connectivity index (χ1) is 12.6. The van der Waals surface area contributed by atoms with Crippen LogP contribution in [0.15, 0.2) is 30.5 Å². The number of methoxy groups -OCH3 is 1. The molecule has 1 aliphatic rings. The molecule has 3 rings (SSSR count). The van der Waals surface area contributed by atoms with Gasteiger partial charge in [0.1, 0.15) is 5.82 Å². The van der Waals surface area contributed by atoms with Crippen molar-refractivity contribution in [2.24, 2.45) is 0 Å². The normalized spacial score (nSPS) is 15.0. The molecule has 0 atom stereocenters. The number of carbonyl (C=O) groups is 1. The number of ether oxygens (including phenoxy) is 1. The van der Waals surface area contributed by atoms with Crippen LogP contribution in [0.4, 0.5) is 17.5 Å². The van der Waals surface area contributed by atoms with Gasteiger partial charge in [-0.2, -0.15) is 4.98 Å². The summed E-state index contributed by atoms with van der Waals surface area (Å²) in [6, 6.07) is 6.70. The quantitative estimate of drug-likeness (QED) is 0.805. The summed E-state index contributed by atoms with van der Waals surface area (Å²) in [4.78, 5) is 25.3. The zero-order chi connectivity index (χ0) is 18.5. The highest BCUT2D eigenvalue weighted by Crippen LogP contribution is 2.26. The smallest absolute Gasteiger partial charge is 0.337 e. The molecule has 0 amide bonds. The van der Waals surface area contributed by atoms with Gasteiger partial charge in [0.15, 0.2) is 0 Å². The zero-order valence-electron chi connectivity index (χ0n) is 14.9. The minimum absolute atomic E-state index is 0.415. The largest absolute Gasteiger partial charge is 0.465 e. The number of halogens is 1. The Morgan fingerprint density at radius 1 is 1.27 bits per heavy atom. The van der Waals surface area contributed by atoms with E-state index in [1.54, 1.807) is 30.5 Å². The minimum atomic E-state index is -0.415. The second-order valence-corrected chi connectivity index (χ2v) is 6.38. The Morgan fingerprint density at radius 2 is 2.04 bits per heavy atom. The molecule has 0 aliphatic carbocycles. The van der Waals surface area contributed by atoms with Crippen LogP contribution in [-0.2, 0) is 4.74 Å². The van der Waals surface area contributed by atoms with Crippen molar-refractivity contribution in [2.75, 3.05) is 50.1 Å². The van der Waals surface area contributed by atoms with Crippen molar-refractivity contribution in [2.45, 2.75) is 6.92 Å². The molecule has 0 saturated carbocycles. The van der Waals surface area contributed by atoms with Gasteiger partial charge in [0.25, 0.3) is 0 Å². The lowest BCUT2D eigenvalue weighted by Crippen LogP contribution is -2.46. The fourth-order valence-corrected chi connectivity index (χ4v) is 3.00. The summed E-state index contributed by atoms with van der Waals surface area (Å²) in [5, 5.41) is 3.66. The maximum Gasteiger partial charge on any atom is 0.337 e. The van der Waals surface area contributed by atoms with E-state index in [1.165, 1.54) is 7.11 Å². The Bertz CT molecular complexity index is 778. The van der Waals surface area contributed by atoms with Crippen molar-refractivity contribution in [3.05, 3.63) is 41.0 Å². The topological polar surface area (TPSA) is 70.6 Å². The second-order valence-electron chi connectivity index (χ2n) is 5.97. The molecule has 1 aromatic carbocycles. The van der Waals surface area contributed by atoms with Gasteiger partial charge in [-0.05, 0) is 30.8 Å². The molecular weight excluding hydrogens is 354 g/mol. The average molecular weight is 376 g/mol. The molecule has 26 heavy (non-hydrogen) atoms. The number of likely N-dealkylation sites (N-methyl/N-ethyl adjacent to an activating group) is 1. The molecule has 1 aromatic heterocycles. The van der Waals surface area contributed by atoms with Gasteiger partial charge in [-0.3, -0.25) is 0 Å². The van der Waals surface area contributed by atoms with Crippen LogP contribution in [-0.4, -0.2) is 60.7 Å². The van der Waals surface area contributed by atoms with Gasteiger partial charge < -0.3 is 19.9 Å². The van der Waals surface area contributed by atoms with E-state index >= 15 is 0 Å². The van der Waals surface area contributed by atoms with E-state index in [2.05, 4.69) is 32.0 Å². The molecule has 2 aromatic rings. The Balaban J connectivity index is 1.76. The van der Waals surface area contributed by atoms with Crippen molar-refractivity contribution >= 4 is 35.0 Å². The summed E-state index contributed by atoms with van der Waals surface area (Å²) in [7, 11) is 1.35. The lowest BCUT2D eigenvalue weighted by atomic mass is 10.2. The first-order valence-corrected chi connectivity index (χ1v) is 8.93. The number of piperazine rings is 1. The number of anilines is 3. The Labute approximate surface area is 157 Å². The predicted molar refractivity (Wildman–Crippen MR) is 102 cm³/mol. The van der Waals surface area contributed by atoms with E-state index in [0.717, 1.165) is 32.7 Å². The number of nitrogens with zero attached hydrogens (tertiary/aromatic N) is 4. The number of carbonyl (C=O) groups excluding carboxylic acids is 1. The van der Waals surface area contributed by atoms with Gasteiger partial charge in [-0.1, -0.05) is 18.5 Å². The minimum Gasteiger partial charge on any atom is -0.465 e. The molecule has 1 saturated heterocycles. The third-order valence-corrected chi connectivity index (χ3v) is 4.72. The van der Waals surface area contributed by atoms with E-state index in [1.807, 2.05) is 0 Å². The Kier molecular flexibility index (Phi) is 5.90. The van der Waals surface area contributed by atoms with Crippen LogP contribution in [0.3, 0.4) is 0 Å². The maximum atomic E-state index is 11.7. The van der Waals surface area contributed by atoms with Crippen LogP contribution in [0.2, 0.25) is 5.02 Å². The van der Waals surface area contributed by atoms with Gasteiger partial charge in [0.2, 0.25) is 5.95 Å². The highest BCUT2D eigenvalue weighted by Gasteiger charge is 2.18. The van der Waals surface area contributed by atoms with E-state index in [0.29, 0.717) is 28.0 Å². The summed E-state index contributed by atoms with van der Waals surface area (Å²) >= 11 is 6.24. The summed E-state index contributed by atoms with van der Waals surface area (Å²) < 4.78 is 4.75. The van der Waals surface area contributed by atoms with E-state index in [9.17, 15) is 4.79 Å². The first kappa shape index (κ1) is 18.4. The second kappa shape index (κ2) is 8.33. The standard InChI is InChI=1S/C18H22ClN5O2/c1-3-23-8-10-24(11-9-23)18-20-7-6-16(22-18)21-15-12-13(17(25)26-2)4-5-14(15)19/h4-7,12H,3,8-11H2,1-2H3,(H,20,21,22). The SMILES string of the molecule is CCN1CCN(c2nccc(Nc3cc(C(=O)OC)ccc3Cl)n2)CC1. The first-order valence-electron chi connectivity index (χ1n) is 8.56. The fraction of sp³-hybridized carbons (Fsp3) is 0.389. The molecule has 0 bridgehead atoms. The highest BCUT2D eigenvalue weighted by atomic mass is 35.5. The number of rotatable bonds is 5. The molecule has 1 fully saturated rings. The third kappa shape index (κ3) is 4.23. The number of hydrogen-bond acceptors (Lipinski definition) is 7. The van der Waals surface area contributed by atoms with Gasteiger partial charge in [0.05, 0.1) is 23.4 Å². The van der Waals surface area contributed by atoms with Crippen molar-refractivity contribution in [3.8, 4) is 0 Å². The molecule has 1 N–H and O–H groups in total. The van der Waals surface area contributed by atoms with Crippen molar-refractivity contribution in [1.82, 2.24) is 14.9 Å². The van der Waals surface area contributed by atoms with E-state index in [4.69, 9.17) is 16.3 Å². The van der Waals surface area contributed by atoms with Crippen LogP contribution in [0.1, 0.15) is 17.3 Å². The number of benzene rings is 1. The van der Waals surface area contributed by atoms with Gasteiger partial charge in [-0.15, -0.1) is 0 Å². The van der Waals surface area contributed by atoms with Crippen LogP contribution in [0.5, 0.6) is 0 Å². The average Bonchev–Trinajstić information content (AvgIpc) is 2.69. The Morgan fingerprint density at radius 3 is 2.73 bits per heavy atom. The highest BCUT2D eigenvalue weighted by molar-refractivity contribution is 6.33. The van der Waals surface area contributed by atoms with Gasteiger partial charge in [0, 0.05) is 32.4 Å². The zero-order valence-corrected chi connectivity index (χ0v) is 15.7. The van der Waals surface area contributed by atoms with Crippen LogP contribution in [0, 0.1) is 0 Å². The molecule has 0 spiro atoms. The summed E-state index contributed by atoms with van der Waals surface area (Å²) in [5.74, 6) is 0.893. The van der Waals surface area contributed by atoms with Crippen molar-refractivity contribution in [1.29, 1.82) is 0 Å². The molecule has 1 aliphatic heterocycles. The Hall–Kier alpha value is -2.38. The number of hydrogen-bond donors (Lipinski definition) is 1. The summed E-state index contributed by atoms with van der Waals surface area (Å²) in [6.45, 7) is 7.04. The molecular formula is C18H22ClN5O2. The third-order valence-electron chi connectivity index (χ3n) is 4.40. The van der Waals surface area contributed by atoms with Crippen molar-refractivity contribution in [3.63, 3.8) is 0 Å². The lowest BCUT2D eigenvalue weighted by Gasteiger charge is -2.34. The van der Waals surface area contributed by atoms with Gasteiger partial charge >= 0.3 is 5.97 Å². The van der Waals surface area contributed by atoms with Crippen molar-refractivity contribution < 1.29 is 9.53 Å². The van der Waals surface area contributed by atoms with E-state index in [-0.39, 0.29) is 0 Å². The number of aromatic nitrogens is 2. The predicted octanol–water partition coefficient (Wildman–Crippen LogP) is 2.80. The number of nitrogens with one attached hydrogen (secondary N) is 1. The molecule has 8 heteroatoms. The lowest BCUT2D eigenvalue weighted by molar-refractivity contribution is 0.0601. The summed E-state index contributed by atoms with van der Waals surface area (Å²) in [6.07, 6.45) is 1.72. The maximum absolute atomic E-state index is 11.7.